The molecule has 218 valence electrons. The Bertz CT molecular complexity index is 1680. The Morgan fingerprint density at radius 2 is 1.88 bits per heavy atom. The third-order valence-corrected chi connectivity index (χ3v) is 9.45. The molecule has 4 aromatic rings. The zero-order chi connectivity index (χ0) is 29.2. The number of amides is 1. The lowest BCUT2D eigenvalue weighted by Gasteiger charge is -2.46. The number of rotatable bonds is 6. The van der Waals surface area contributed by atoms with Crippen LogP contribution in [0.2, 0.25) is 0 Å². The van der Waals surface area contributed by atoms with Gasteiger partial charge >= 0.3 is 0 Å². The van der Waals surface area contributed by atoms with Gasteiger partial charge in [0.2, 0.25) is 0 Å². The van der Waals surface area contributed by atoms with Crippen molar-refractivity contribution in [3.05, 3.63) is 76.6 Å². The molecule has 0 bridgehead atoms. The lowest BCUT2D eigenvalue weighted by atomic mass is 9.58. The fourth-order valence-electron chi connectivity index (χ4n) is 7.60. The first-order valence-electron chi connectivity index (χ1n) is 14.8. The van der Waals surface area contributed by atoms with E-state index in [0.717, 1.165) is 49.3 Å². The first-order chi connectivity index (χ1) is 20.2. The number of aryl methyl sites for hydroxylation is 1. The molecule has 2 aromatic heterocycles. The smallest absolute Gasteiger partial charge is 0.264 e. The highest BCUT2D eigenvalue weighted by atomic mass is 19.3. The van der Waals surface area contributed by atoms with Crippen molar-refractivity contribution in [2.45, 2.75) is 64.5 Å². The molecule has 0 radical (unpaired) electrons. The summed E-state index contributed by atoms with van der Waals surface area (Å²) in [6, 6.07) is 7.46. The number of hydrogen-bond donors (Lipinski definition) is 0. The Labute approximate surface area is 243 Å². The van der Waals surface area contributed by atoms with Crippen molar-refractivity contribution in [3.8, 4) is 0 Å². The molecule has 0 spiro atoms. The Morgan fingerprint density at radius 3 is 2.60 bits per heavy atom. The molecule has 0 N–H and O–H groups in total. The summed E-state index contributed by atoms with van der Waals surface area (Å²) in [5.41, 5.74) is 3.88. The quantitative estimate of drug-likeness (QED) is 0.291. The number of halogens is 2. The molecule has 42 heavy (non-hydrogen) atoms. The molecule has 0 unspecified atom stereocenters. The first-order valence-corrected chi connectivity index (χ1v) is 14.8. The summed E-state index contributed by atoms with van der Waals surface area (Å²) in [6.07, 6.45) is 6.31. The van der Waals surface area contributed by atoms with E-state index in [2.05, 4.69) is 38.9 Å². The predicted octanol–water partition coefficient (Wildman–Crippen LogP) is 5.80. The fraction of sp³-hybridized carbons (Fsp3) is 0.469. The van der Waals surface area contributed by atoms with Gasteiger partial charge in [-0.1, -0.05) is 13.8 Å². The number of likely N-dealkylation sites (tertiary alicyclic amines) is 1. The number of carbonyl (C=O) groups is 1. The number of benzene rings is 2. The molecule has 8 nitrogen and oxygen atoms in total. The predicted molar refractivity (Wildman–Crippen MR) is 155 cm³/mol. The van der Waals surface area contributed by atoms with Gasteiger partial charge in [0.05, 0.1) is 23.2 Å². The van der Waals surface area contributed by atoms with Crippen LogP contribution < -0.4 is 4.90 Å². The van der Waals surface area contributed by atoms with Crippen LogP contribution in [0.3, 0.4) is 0 Å². The number of aromatic nitrogens is 5. The number of hydrogen-bond acceptors (Lipinski definition) is 6. The summed E-state index contributed by atoms with van der Waals surface area (Å²) >= 11 is 0. The van der Waals surface area contributed by atoms with Crippen molar-refractivity contribution in [2.75, 3.05) is 18.0 Å². The molecule has 2 aliphatic heterocycles. The van der Waals surface area contributed by atoms with E-state index >= 15 is 0 Å². The molecule has 4 heterocycles. The van der Waals surface area contributed by atoms with Crippen molar-refractivity contribution >= 4 is 22.6 Å². The number of nitrogens with zero attached hydrogens (tertiary/aromatic N) is 7. The third kappa shape index (κ3) is 4.38. The minimum Gasteiger partial charge on any atom is -0.320 e. The fourth-order valence-corrected chi connectivity index (χ4v) is 7.60. The zero-order valence-electron chi connectivity index (χ0n) is 24.2. The van der Waals surface area contributed by atoms with Gasteiger partial charge < -0.3 is 9.47 Å². The molecule has 1 atom stereocenters. The van der Waals surface area contributed by atoms with Crippen LogP contribution in [0.15, 0.2) is 43.0 Å². The molecule has 1 saturated heterocycles. The van der Waals surface area contributed by atoms with Gasteiger partial charge in [-0.3, -0.25) is 19.7 Å². The van der Waals surface area contributed by atoms with Gasteiger partial charge in [0.1, 0.15) is 17.7 Å². The second-order valence-corrected chi connectivity index (χ2v) is 12.7. The highest BCUT2D eigenvalue weighted by Gasteiger charge is 2.49. The Kier molecular flexibility index (Phi) is 6.56. The van der Waals surface area contributed by atoms with E-state index < -0.39 is 6.43 Å². The Morgan fingerprint density at radius 1 is 1.07 bits per heavy atom. The van der Waals surface area contributed by atoms with Crippen LogP contribution in [-0.4, -0.2) is 48.6 Å². The molecule has 3 aliphatic rings. The molecule has 2 fully saturated rings. The molecule has 7 rings (SSSR count). The molecule has 1 amide bonds. The number of fused-ring (bicyclic) bond motifs is 2. The average molecular weight is 572 g/mol. The zero-order valence-corrected chi connectivity index (χ0v) is 24.2. The summed E-state index contributed by atoms with van der Waals surface area (Å²) in [7, 11) is 1.94. The Balaban J connectivity index is 1.31. The van der Waals surface area contributed by atoms with Crippen LogP contribution in [-0.2, 0) is 25.6 Å². The average Bonchev–Trinajstić information content (AvgIpc) is 3.53. The van der Waals surface area contributed by atoms with Crippen LogP contribution in [0, 0.1) is 11.8 Å². The van der Waals surface area contributed by atoms with Gasteiger partial charge in [0.25, 0.3) is 12.3 Å². The second kappa shape index (κ2) is 10.2. The van der Waals surface area contributed by atoms with Gasteiger partial charge in [-0.05, 0) is 85.0 Å². The van der Waals surface area contributed by atoms with E-state index in [1.165, 1.54) is 6.42 Å². The van der Waals surface area contributed by atoms with Crippen molar-refractivity contribution < 1.29 is 13.6 Å². The van der Waals surface area contributed by atoms with Crippen LogP contribution in [0.1, 0.15) is 84.4 Å². The number of piperidine rings is 1. The van der Waals surface area contributed by atoms with Gasteiger partial charge in [-0.25, -0.2) is 8.78 Å². The maximum atomic E-state index is 14.5. The van der Waals surface area contributed by atoms with E-state index in [-0.39, 0.29) is 23.4 Å². The van der Waals surface area contributed by atoms with Gasteiger partial charge in [-0.2, -0.15) is 0 Å². The van der Waals surface area contributed by atoms with E-state index in [4.69, 9.17) is 0 Å². The summed E-state index contributed by atoms with van der Waals surface area (Å²) in [5.74, 6) is 1.65. The highest BCUT2D eigenvalue weighted by molar-refractivity contribution is 6.13. The maximum absolute atomic E-state index is 14.5. The molecule has 1 saturated carbocycles. The van der Waals surface area contributed by atoms with Gasteiger partial charge in [-0.15, -0.1) is 10.2 Å². The van der Waals surface area contributed by atoms with E-state index in [0.29, 0.717) is 46.2 Å². The first kappa shape index (κ1) is 27.1. The number of anilines is 1. The Hall–Kier alpha value is -3.79. The molecule has 10 heteroatoms. The third-order valence-electron chi connectivity index (χ3n) is 9.45. The van der Waals surface area contributed by atoms with Crippen molar-refractivity contribution in [3.63, 3.8) is 0 Å². The minimum absolute atomic E-state index is 0.0571. The maximum Gasteiger partial charge on any atom is 0.264 e. The second-order valence-electron chi connectivity index (χ2n) is 12.7. The van der Waals surface area contributed by atoms with E-state index in [1.54, 1.807) is 29.7 Å². The van der Waals surface area contributed by atoms with Gasteiger partial charge in [0.15, 0.2) is 0 Å². The molecular formula is C32H35F2N7O. The monoisotopic (exact) mass is 571 g/mol. The standard InChI is InChI=1S/C32H35F2N7O/c1-19-5-4-8-40(15-19)16-21-9-23(29(33)34)25-17-41(30(42)24(25)10-21)27-12-22(11-26-28(27)36-7-6-35-26)32(13-20(2)14-32)31-38-37-18-39(31)3/h6-7,9-12,18-20,29H,4-5,8,13-17H2,1-3H3/t19-,20?,32?/m0/s1. The number of carbonyl (C=O) groups excluding carboxylic acids is 1. The normalized spacial score (nSPS) is 24.4. The summed E-state index contributed by atoms with van der Waals surface area (Å²) in [6.45, 7) is 6.94. The van der Waals surface area contributed by atoms with Crippen molar-refractivity contribution in [1.82, 2.24) is 29.6 Å². The summed E-state index contributed by atoms with van der Waals surface area (Å²) in [5, 5.41) is 8.63. The van der Waals surface area contributed by atoms with E-state index in [9.17, 15) is 13.6 Å². The van der Waals surface area contributed by atoms with E-state index in [1.807, 2.05) is 29.8 Å². The molecule has 1 aliphatic carbocycles. The van der Waals surface area contributed by atoms with Gasteiger partial charge in [0, 0.05) is 43.7 Å². The number of alkyl halides is 2. The lowest BCUT2D eigenvalue weighted by Crippen LogP contribution is -2.43. The van der Waals surface area contributed by atoms with Crippen LogP contribution in [0.25, 0.3) is 11.0 Å². The summed E-state index contributed by atoms with van der Waals surface area (Å²) < 4.78 is 30.9. The SMILES string of the molecule is CC1CC(c2cc(N3Cc4c(cc(CN5CCC[C@H](C)C5)cc4C(F)F)C3=O)c3nccnc3c2)(c2nncn2C)C1. The van der Waals surface area contributed by atoms with Crippen molar-refractivity contribution in [1.29, 1.82) is 0 Å². The molecular weight excluding hydrogens is 536 g/mol. The minimum atomic E-state index is -2.68. The summed E-state index contributed by atoms with van der Waals surface area (Å²) in [4.78, 5) is 27.2. The van der Waals surface area contributed by atoms with Crippen LogP contribution in [0.5, 0.6) is 0 Å². The van der Waals surface area contributed by atoms with Crippen molar-refractivity contribution in [2.24, 2.45) is 18.9 Å². The highest BCUT2D eigenvalue weighted by Crippen LogP contribution is 2.53. The largest absolute Gasteiger partial charge is 0.320 e. The van der Waals surface area contributed by atoms with Crippen LogP contribution >= 0.6 is 0 Å². The lowest BCUT2D eigenvalue weighted by molar-refractivity contribution is 0.0996. The topological polar surface area (TPSA) is 80.0 Å². The van der Waals surface area contributed by atoms with Crippen LogP contribution in [0.4, 0.5) is 14.5 Å². The molecule has 2 aromatic carbocycles.